The van der Waals surface area contributed by atoms with Crippen LogP contribution in [-0.4, -0.2) is 31.6 Å². The van der Waals surface area contributed by atoms with Crippen LogP contribution < -0.4 is 15.5 Å². The standard InChI is InChI=1S/C17H16N4O3/c1-10-7-23-17(24-10)16(9-19)13(15(16,8-18)14(20)21-17)11-3-5-12(22-2)6-4-11/h3-6,10,13H,7H2,1-2H3,(H2,20,21)/p+1/t10-,13-,15-,16-,17-/m1/s1. The average Bonchev–Trinajstić information content (AvgIpc) is 2.99. The molecule has 2 aliphatic heterocycles. The van der Waals surface area contributed by atoms with Crippen LogP contribution in [0.5, 0.6) is 5.75 Å². The Balaban J connectivity index is 1.87. The third-order valence-corrected chi connectivity index (χ3v) is 5.34. The van der Waals surface area contributed by atoms with E-state index < -0.39 is 22.7 Å². The summed E-state index contributed by atoms with van der Waals surface area (Å²) in [5, 5.41) is 19.9. The molecule has 2 fully saturated rings. The van der Waals surface area contributed by atoms with Crippen molar-refractivity contribution in [1.29, 1.82) is 10.5 Å². The Morgan fingerprint density at radius 2 is 2.00 bits per heavy atom. The first-order valence-electron chi connectivity index (χ1n) is 7.70. The Hall–Kier alpha value is -2.61. The molecular weight excluding hydrogens is 308 g/mol. The second kappa shape index (κ2) is 4.47. The summed E-state index contributed by atoms with van der Waals surface area (Å²) < 4.78 is 16.9. The van der Waals surface area contributed by atoms with E-state index in [0.717, 1.165) is 5.56 Å². The summed E-state index contributed by atoms with van der Waals surface area (Å²) >= 11 is 0. The predicted molar refractivity (Wildman–Crippen MR) is 81.2 cm³/mol. The molecule has 0 bridgehead atoms. The highest BCUT2D eigenvalue weighted by molar-refractivity contribution is 5.95. The fourth-order valence-corrected chi connectivity index (χ4v) is 4.26. The number of hydrogen-bond acceptors (Lipinski definition) is 6. The van der Waals surface area contributed by atoms with Crippen LogP contribution in [0.15, 0.2) is 24.3 Å². The van der Waals surface area contributed by atoms with E-state index in [4.69, 9.17) is 19.9 Å². The zero-order chi connectivity index (χ0) is 17.2. The van der Waals surface area contributed by atoms with E-state index in [2.05, 4.69) is 17.1 Å². The van der Waals surface area contributed by atoms with Crippen molar-refractivity contribution in [1.82, 2.24) is 0 Å². The zero-order valence-corrected chi connectivity index (χ0v) is 13.4. The summed E-state index contributed by atoms with van der Waals surface area (Å²) in [7, 11) is 1.58. The molecule has 1 aromatic carbocycles. The highest BCUT2D eigenvalue weighted by Gasteiger charge is 2.97. The number of ether oxygens (including phenoxy) is 3. The van der Waals surface area contributed by atoms with Crippen molar-refractivity contribution in [2.24, 2.45) is 16.6 Å². The molecule has 1 saturated carbocycles. The van der Waals surface area contributed by atoms with Gasteiger partial charge in [0, 0.05) is 5.92 Å². The van der Waals surface area contributed by atoms with Gasteiger partial charge in [0.1, 0.15) is 5.75 Å². The quantitative estimate of drug-likeness (QED) is 0.747. The van der Waals surface area contributed by atoms with Gasteiger partial charge in [0.15, 0.2) is 10.8 Å². The highest BCUT2D eigenvalue weighted by atomic mass is 16.8. The van der Waals surface area contributed by atoms with Gasteiger partial charge < -0.3 is 14.2 Å². The zero-order valence-electron chi connectivity index (χ0n) is 13.4. The molecule has 3 N–H and O–H groups in total. The Morgan fingerprint density at radius 1 is 1.29 bits per heavy atom. The van der Waals surface area contributed by atoms with Gasteiger partial charge in [0.05, 0.1) is 32.0 Å². The van der Waals surface area contributed by atoms with E-state index in [-0.39, 0.29) is 11.9 Å². The molecule has 1 aliphatic carbocycles. The van der Waals surface area contributed by atoms with E-state index in [1.807, 2.05) is 19.1 Å². The van der Waals surface area contributed by atoms with Crippen molar-refractivity contribution in [2.75, 3.05) is 13.7 Å². The first kappa shape index (κ1) is 14.9. The predicted octanol–water partition coefficient (Wildman–Crippen LogP) is -0.647. The van der Waals surface area contributed by atoms with Gasteiger partial charge in [-0.1, -0.05) is 12.1 Å². The maximum atomic E-state index is 10.0. The molecule has 7 heteroatoms. The maximum absolute atomic E-state index is 10.0. The van der Waals surface area contributed by atoms with E-state index >= 15 is 0 Å². The summed E-state index contributed by atoms with van der Waals surface area (Å²) in [6.07, 6.45) is -0.192. The number of amidine groups is 1. The molecule has 5 atom stereocenters. The Morgan fingerprint density at radius 3 is 2.50 bits per heavy atom. The van der Waals surface area contributed by atoms with Gasteiger partial charge in [-0.2, -0.15) is 10.5 Å². The summed E-state index contributed by atoms with van der Waals surface area (Å²) in [6.45, 7) is 2.19. The molecule has 2 heterocycles. The lowest BCUT2D eigenvalue weighted by Crippen LogP contribution is -2.90. The number of benzene rings is 1. The van der Waals surface area contributed by atoms with Gasteiger partial charge in [-0.05, 0) is 24.6 Å². The molecule has 1 saturated heterocycles. The minimum Gasteiger partial charge on any atom is -0.497 e. The normalized spacial score (nSPS) is 42.1. The first-order valence-corrected chi connectivity index (χ1v) is 7.70. The highest BCUT2D eigenvalue weighted by Crippen LogP contribution is 2.79. The Bertz CT molecular complexity index is 824. The molecule has 0 aromatic heterocycles. The number of hydrogen-bond donors (Lipinski definition) is 2. The topological polar surface area (TPSA) is 115 Å². The average molecular weight is 325 g/mol. The van der Waals surface area contributed by atoms with Gasteiger partial charge in [0.25, 0.3) is 5.84 Å². The van der Waals surface area contributed by atoms with Crippen LogP contribution >= 0.6 is 0 Å². The maximum Gasteiger partial charge on any atom is 0.343 e. The van der Waals surface area contributed by atoms with E-state index in [1.54, 1.807) is 19.2 Å². The van der Waals surface area contributed by atoms with Crippen molar-refractivity contribution in [2.45, 2.75) is 24.9 Å². The SMILES string of the molecule is COc1ccc([C@H]2[C@@]3(C#N)[C@@]4([NH+]=C(N)[C@@]23C#N)OC[C@@H](C)O4)cc1. The number of nitrogens with one attached hydrogen (secondary N) is 1. The van der Waals surface area contributed by atoms with Gasteiger partial charge in [-0.25, -0.2) is 4.99 Å². The fraction of sp³-hybridized carbons (Fsp3) is 0.471. The van der Waals surface area contributed by atoms with Crippen LogP contribution in [0.25, 0.3) is 0 Å². The fourth-order valence-electron chi connectivity index (χ4n) is 4.26. The van der Waals surface area contributed by atoms with Gasteiger partial charge in [0.2, 0.25) is 0 Å². The molecule has 7 nitrogen and oxygen atoms in total. The third kappa shape index (κ3) is 1.36. The molecule has 0 radical (unpaired) electrons. The van der Waals surface area contributed by atoms with E-state index in [0.29, 0.717) is 12.4 Å². The summed E-state index contributed by atoms with van der Waals surface area (Å²) in [6, 6.07) is 11.9. The third-order valence-electron chi connectivity index (χ3n) is 5.34. The lowest BCUT2D eigenvalue weighted by molar-refractivity contribution is -0.677. The molecule has 0 amide bonds. The number of nitrogens with two attached hydrogens (primary N) is 1. The van der Waals surface area contributed by atoms with E-state index in [1.165, 1.54) is 0 Å². The molecule has 4 rings (SSSR count). The van der Waals surface area contributed by atoms with Crippen LogP contribution in [0.4, 0.5) is 0 Å². The minimum absolute atomic E-state index is 0.192. The second-order valence-corrected chi connectivity index (χ2v) is 6.44. The van der Waals surface area contributed by atoms with Crippen molar-refractivity contribution in [3.8, 4) is 17.9 Å². The molecule has 3 aliphatic rings. The Labute approximate surface area is 139 Å². The summed E-state index contributed by atoms with van der Waals surface area (Å²) in [4.78, 5) is 2.95. The lowest BCUT2D eigenvalue weighted by Gasteiger charge is -2.24. The molecule has 1 aromatic rings. The van der Waals surface area contributed by atoms with Gasteiger partial charge in [-0.3, -0.25) is 5.73 Å². The molecule has 122 valence electrons. The summed E-state index contributed by atoms with van der Waals surface area (Å²) in [5.41, 5.74) is 4.58. The smallest absolute Gasteiger partial charge is 0.343 e. The molecule has 0 unspecified atom stereocenters. The number of fused-ring (bicyclic) bond motifs is 2. The summed E-state index contributed by atoms with van der Waals surface area (Å²) in [5.74, 6) is -0.891. The van der Waals surface area contributed by atoms with Crippen molar-refractivity contribution in [3.05, 3.63) is 29.8 Å². The number of nitrogens with zero attached hydrogens (tertiary/aromatic N) is 2. The second-order valence-electron chi connectivity index (χ2n) is 6.44. The molecule has 1 spiro atoms. The minimum atomic E-state index is -1.38. The van der Waals surface area contributed by atoms with Crippen LogP contribution in [0, 0.1) is 33.5 Å². The Kier molecular flexibility index (Phi) is 2.79. The van der Waals surface area contributed by atoms with Crippen LogP contribution in [0.1, 0.15) is 18.4 Å². The van der Waals surface area contributed by atoms with Crippen LogP contribution in [0.3, 0.4) is 0 Å². The van der Waals surface area contributed by atoms with Gasteiger partial charge >= 0.3 is 5.91 Å². The number of methoxy groups -OCH3 is 1. The van der Waals surface area contributed by atoms with Crippen molar-refractivity contribution >= 4 is 5.84 Å². The van der Waals surface area contributed by atoms with Crippen LogP contribution in [0.2, 0.25) is 0 Å². The molecular formula is C17H17N4O3+. The largest absolute Gasteiger partial charge is 0.497 e. The number of rotatable bonds is 2. The van der Waals surface area contributed by atoms with Crippen LogP contribution in [-0.2, 0) is 9.47 Å². The molecule has 24 heavy (non-hydrogen) atoms. The monoisotopic (exact) mass is 325 g/mol. The first-order chi connectivity index (χ1) is 11.5. The lowest BCUT2D eigenvalue weighted by atomic mass is 9.94. The van der Waals surface area contributed by atoms with E-state index in [9.17, 15) is 10.5 Å². The van der Waals surface area contributed by atoms with Gasteiger partial charge in [-0.15, -0.1) is 0 Å². The van der Waals surface area contributed by atoms with Crippen molar-refractivity contribution < 1.29 is 19.2 Å². The van der Waals surface area contributed by atoms with Crippen molar-refractivity contribution in [3.63, 3.8) is 0 Å². The number of nitriles is 2.